The first kappa shape index (κ1) is 15.0. The summed E-state index contributed by atoms with van der Waals surface area (Å²) < 4.78 is 7.69. The molecule has 1 aliphatic carbocycles. The van der Waals surface area contributed by atoms with Crippen molar-refractivity contribution in [2.24, 2.45) is 0 Å². The summed E-state index contributed by atoms with van der Waals surface area (Å²) in [5, 5.41) is 4.17. The molecule has 2 aliphatic rings. The quantitative estimate of drug-likeness (QED) is 0.934. The number of aryl methyl sites for hydroxylation is 1. The van der Waals surface area contributed by atoms with Crippen molar-refractivity contribution in [1.29, 1.82) is 0 Å². The summed E-state index contributed by atoms with van der Waals surface area (Å²) in [6.45, 7) is 1.44. The Balaban J connectivity index is 1.62. The van der Waals surface area contributed by atoms with Crippen LogP contribution in [0.15, 0.2) is 24.5 Å². The van der Waals surface area contributed by atoms with Crippen LogP contribution < -0.4 is 5.32 Å². The van der Waals surface area contributed by atoms with Crippen LogP contribution >= 0.6 is 11.3 Å². The molecule has 4 rings (SSSR count). The number of ether oxygens (including phenoxy) is 1. The first-order valence-electron chi connectivity index (χ1n) is 8.50. The van der Waals surface area contributed by atoms with E-state index in [0.717, 1.165) is 42.9 Å². The number of nitrogens with one attached hydrogen (secondary N) is 1. The van der Waals surface area contributed by atoms with Crippen molar-refractivity contribution in [1.82, 2.24) is 9.88 Å². The first-order valence-corrected chi connectivity index (χ1v) is 9.32. The third-order valence-electron chi connectivity index (χ3n) is 4.73. The Kier molecular flexibility index (Phi) is 4.23. The van der Waals surface area contributed by atoms with E-state index in [1.54, 1.807) is 11.3 Å². The summed E-state index contributed by atoms with van der Waals surface area (Å²) in [7, 11) is 0. The minimum atomic E-state index is 0.0589. The van der Waals surface area contributed by atoms with E-state index < -0.39 is 0 Å². The minimum Gasteiger partial charge on any atom is -0.376 e. The zero-order valence-corrected chi connectivity index (χ0v) is 14.0. The average Bonchev–Trinajstić information content (AvgIpc) is 3.31. The molecule has 2 aromatic heterocycles. The van der Waals surface area contributed by atoms with Gasteiger partial charge < -0.3 is 14.6 Å². The van der Waals surface area contributed by atoms with Crippen molar-refractivity contribution in [2.75, 3.05) is 13.2 Å². The lowest BCUT2D eigenvalue weighted by Crippen LogP contribution is -2.32. The van der Waals surface area contributed by atoms with Crippen LogP contribution in [0.2, 0.25) is 0 Å². The molecule has 2 aromatic rings. The van der Waals surface area contributed by atoms with Gasteiger partial charge in [-0.3, -0.25) is 4.79 Å². The van der Waals surface area contributed by atoms with Crippen molar-refractivity contribution in [2.45, 2.75) is 44.6 Å². The molecule has 3 heterocycles. The number of amides is 1. The number of rotatable bonds is 4. The molecule has 23 heavy (non-hydrogen) atoms. The van der Waals surface area contributed by atoms with Crippen molar-refractivity contribution < 1.29 is 9.53 Å². The molecule has 1 N–H and O–H groups in total. The normalized spacial score (nSPS) is 20.4. The highest BCUT2D eigenvalue weighted by atomic mass is 32.1. The lowest BCUT2D eigenvalue weighted by Gasteiger charge is -2.15. The second-order valence-electron chi connectivity index (χ2n) is 6.33. The van der Waals surface area contributed by atoms with Gasteiger partial charge in [0.15, 0.2) is 0 Å². The molecule has 1 fully saturated rings. The van der Waals surface area contributed by atoms with Gasteiger partial charge in [-0.25, -0.2) is 0 Å². The number of hydrogen-bond donors (Lipinski definition) is 1. The molecule has 0 spiro atoms. The predicted molar refractivity (Wildman–Crippen MR) is 91.6 cm³/mol. The average molecular weight is 330 g/mol. The maximum Gasteiger partial charge on any atom is 0.254 e. The van der Waals surface area contributed by atoms with Crippen LogP contribution in [0, 0.1) is 0 Å². The fraction of sp³-hybridized carbons (Fsp3) is 0.500. The van der Waals surface area contributed by atoms with Crippen LogP contribution in [-0.4, -0.2) is 29.7 Å². The molecule has 0 saturated carbocycles. The Bertz CT molecular complexity index is 684. The first-order chi connectivity index (χ1) is 11.3. The monoisotopic (exact) mass is 330 g/mol. The minimum absolute atomic E-state index is 0.0589. The number of carbonyl (C=O) groups is 1. The number of aromatic nitrogens is 1. The van der Waals surface area contributed by atoms with E-state index in [0.29, 0.717) is 6.54 Å². The summed E-state index contributed by atoms with van der Waals surface area (Å²) in [4.78, 5) is 14.3. The van der Waals surface area contributed by atoms with E-state index >= 15 is 0 Å². The van der Waals surface area contributed by atoms with E-state index in [-0.39, 0.29) is 12.0 Å². The molecule has 0 aromatic carbocycles. The number of hydrogen-bond acceptors (Lipinski definition) is 3. The zero-order chi connectivity index (χ0) is 15.6. The second kappa shape index (κ2) is 6.49. The Morgan fingerprint density at radius 2 is 2.09 bits per heavy atom. The molecule has 1 saturated heterocycles. The van der Waals surface area contributed by atoms with Crippen molar-refractivity contribution in [3.05, 3.63) is 40.5 Å². The topological polar surface area (TPSA) is 43.3 Å². The third-order valence-corrected chi connectivity index (χ3v) is 6.04. The van der Waals surface area contributed by atoms with Gasteiger partial charge in [-0.1, -0.05) is 0 Å². The van der Waals surface area contributed by atoms with Crippen molar-refractivity contribution in [3.63, 3.8) is 0 Å². The molecule has 4 nitrogen and oxygen atoms in total. The highest BCUT2D eigenvalue weighted by Gasteiger charge is 2.26. The van der Waals surface area contributed by atoms with Gasteiger partial charge >= 0.3 is 0 Å². The van der Waals surface area contributed by atoms with Gasteiger partial charge in [0.05, 0.1) is 11.7 Å². The number of nitrogens with zero attached hydrogens (tertiary/aromatic N) is 1. The van der Waals surface area contributed by atoms with Gasteiger partial charge in [-0.15, -0.1) is 11.3 Å². The van der Waals surface area contributed by atoms with Gasteiger partial charge in [0, 0.05) is 30.4 Å². The zero-order valence-electron chi connectivity index (χ0n) is 13.2. The van der Waals surface area contributed by atoms with Crippen LogP contribution in [0.4, 0.5) is 0 Å². The van der Waals surface area contributed by atoms with Crippen molar-refractivity contribution >= 4 is 17.2 Å². The second-order valence-corrected chi connectivity index (χ2v) is 7.41. The van der Waals surface area contributed by atoms with E-state index in [1.165, 1.54) is 23.3 Å². The van der Waals surface area contributed by atoms with Crippen molar-refractivity contribution in [3.8, 4) is 5.00 Å². The summed E-state index contributed by atoms with van der Waals surface area (Å²) >= 11 is 1.78. The Morgan fingerprint density at radius 1 is 1.26 bits per heavy atom. The largest absolute Gasteiger partial charge is 0.376 e. The van der Waals surface area contributed by atoms with Gasteiger partial charge in [-0.2, -0.15) is 0 Å². The summed E-state index contributed by atoms with van der Waals surface area (Å²) in [5.41, 5.74) is 2.16. The highest BCUT2D eigenvalue weighted by molar-refractivity contribution is 7.15. The molecule has 1 amide bonds. The summed E-state index contributed by atoms with van der Waals surface area (Å²) in [6.07, 6.45) is 10.9. The lowest BCUT2D eigenvalue weighted by molar-refractivity contribution is 0.0857. The SMILES string of the molecule is O=C(NC[C@H]1CCCO1)c1c(-n2cccc2)sc2c1CCCC2. The molecule has 0 radical (unpaired) electrons. The molecular weight excluding hydrogens is 308 g/mol. The van der Waals surface area contributed by atoms with Crippen LogP contribution in [0.1, 0.15) is 46.5 Å². The molecule has 1 atom stereocenters. The van der Waals surface area contributed by atoms with Crippen LogP contribution in [-0.2, 0) is 17.6 Å². The fourth-order valence-electron chi connectivity index (χ4n) is 3.54. The predicted octanol–water partition coefficient (Wildman–Crippen LogP) is 3.33. The van der Waals surface area contributed by atoms with Crippen LogP contribution in [0.3, 0.4) is 0 Å². The van der Waals surface area contributed by atoms with E-state index in [2.05, 4.69) is 9.88 Å². The van der Waals surface area contributed by atoms with E-state index in [1.807, 2.05) is 24.5 Å². The Hall–Kier alpha value is -1.59. The molecular formula is C18H22N2O2S. The number of carbonyl (C=O) groups excluding carboxylic acids is 1. The summed E-state index contributed by atoms with van der Waals surface area (Å²) in [6, 6.07) is 4.01. The number of thiophene rings is 1. The maximum atomic E-state index is 12.9. The molecule has 122 valence electrons. The fourth-order valence-corrected chi connectivity index (χ4v) is 4.89. The standard InChI is InChI=1S/C18H22N2O2S/c21-17(19-12-13-6-5-11-22-13)16-14-7-1-2-8-15(14)23-18(16)20-9-3-4-10-20/h3-4,9-10,13H,1-2,5-8,11-12H2,(H,19,21)/t13-/m1/s1. The number of fused-ring (bicyclic) bond motifs is 1. The Labute approximate surface area is 140 Å². The van der Waals surface area contributed by atoms with Crippen LogP contribution in [0.25, 0.3) is 5.00 Å². The molecule has 1 aliphatic heterocycles. The van der Waals surface area contributed by atoms with Gasteiger partial charge in [0.25, 0.3) is 5.91 Å². The molecule has 0 unspecified atom stereocenters. The molecule has 5 heteroatoms. The smallest absolute Gasteiger partial charge is 0.254 e. The lowest BCUT2D eigenvalue weighted by atomic mass is 9.95. The van der Waals surface area contributed by atoms with Crippen LogP contribution in [0.5, 0.6) is 0 Å². The third kappa shape index (κ3) is 2.95. The van der Waals surface area contributed by atoms with Gasteiger partial charge in [0.2, 0.25) is 0 Å². The van der Waals surface area contributed by atoms with Gasteiger partial charge in [0.1, 0.15) is 5.00 Å². The summed E-state index contributed by atoms with van der Waals surface area (Å²) in [5.74, 6) is 0.0589. The highest BCUT2D eigenvalue weighted by Crippen LogP contribution is 2.36. The van der Waals surface area contributed by atoms with E-state index in [9.17, 15) is 4.79 Å². The maximum absolute atomic E-state index is 12.9. The van der Waals surface area contributed by atoms with Gasteiger partial charge in [-0.05, 0) is 56.2 Å². The molecule has 0 bridgehead atoms. The van der Waals surface area contributed by atoms with E-state index in [4.69, 9.17) is 4.74 Å². The Morgan fingerprint density at radius 3 is 2.87 bits per heavy atom.